The van der Waals surface area contributed by atoms with Crippen LogP contribution < -0.4 is 15.5 Å². The number of hydrogen-bond donors (Lipinski definition) is 2. The summed E-state index contributed by atoms with van der Waals surface area (Å²) in [5.41, 5.74) is 0.579. The van der Waals surface area contributed by atoms with Crippen LogP contribution in [-0.2, 0) is 4.79 Å². The van der Waals surface area contributed by atoms with Gasteiger partial charge in [0.2, 0.25) is 5.91 Å². The first-order chi connectivity index (χ1) is 11.0. The van der Waals surface area contributed by atoms with Crippen LogP contribution >= 0.6 is 0 Å². The lowest BCUT2D eigenvalue weighted by molar-refractivity contribution is -0.124. The first-order valence-corrected chi connectivity index (χ1v) is 7.43. The van der Waals surface area contributed by atoms with Gasteiger partial charge in [0.05, 0.1) is 17.7 Å². The molecule has 1 atom stereocenters. The largest absolute Gasteiger partial charge is 0.354 e. The Morgan fingerprint density at radius 2 is 2.04 bits per heavy atom. The van der Waals surface area contributed by atoms with E-state index in [1.807, 2.05) is 4.90 Å². The molecule has 2 rings (SSSR count). The van der Waals surface area contributed by atoms with Crippen molar-refractivity contribution in [3.05, 3.63) is 23.9 Å². The van der Waals surface area contributed by atoms with Gasteiger partial charge in [0.25, 0.3) is 0 Å². The van der Waals surface area contributed by atoms with Gasteiger partial charge in [-0.1, -0.05) is 0 Å². The van der Waals surface area contributed by atoms with Gasteiger partial charge in [0.1, 0.15) is 5.82 Å². The molecule has 1 unspecified atom stereocenters. The van der Waals surface area contributed by atoms with Gasteiger partial charge in [-0.25, -0.2) is 9.78 Å². The summed E-state index contributed by atoms with van der Waals surface area (Å²) in [7, 11) is 1.47. The summed E-state index contributed by atoms with van der Waals surface area (Å²) in [6.45, 7) is 4.56. The molecule has 122 valence electrons. The highest BCUT2D eigenvalue weighted by Gasteiger charge is 2.26. The van der Waals surface area contributed by atoms with Crippen LogP contribution in [0.5, 0.6) is 0 Å². The maximum absolute atomic E-state index is 12.0. The number of hydrogen-bond acceptors (Lipinski definition) is 6. The van der Waals surface area contributed by atoms with E-state index in [0.29, 0.717) is 31.7 Å². The number of pyridine rings is 1. The number of carbonyl (C=O) groups is 2. The van der Waals surface area contributed by atoms with Gasteiger partial charge in [0.15, 0.2) is 0 Å². The van der Waals surface area contributed by atoms with Gasteiger partial charge >= 0.3 is 6.03 Å². The second-order valence-corrected chi connectivity index (χ2v) is 5.28. The van der Waals surface area contributed by atoms with Crippen molar-refractivity contribution < 1.29 is 9.59 Å². The molecule has 1 fully saturated rings. The van der Waals surface area contributed by atoms with Crippen LogP contribution in [0.1, 0.15) is 12.5 Å². The molecule has 2 heterocycles. The van der Waals surface area contributed by atoms with Crippen LogP contribution in [-0.4, -0.2) is 61.1 Å². The maximum Gasteiger partial charge on any atom is 0.321 e. The van der Waals surface area contributed by atoms with Gasteiger partial charge in [-0.05, 0) is 19.1 Å². The average molecular weight is 316 g/mol. The van der Waals surface area contributed by atoms with Gasteiger partial charge < -0.3 is 10.2 Å². The molecule has 1 aromatic heterocycles. The number of urea groups is 1. The fourth-order valence-corrected chi connectivity index (χ4v) is 2.44. The lowest BCUT2D eigenvalue weighted by atomic mass is 10.2. The Balaban J connectivity index is 1.91. The molecule has 1 saturated heterocycles. The minimum Gasteiger partial charge on any atom is -0.354 e. The number of nitriles is 1. The van der Waals surface area contributed by atoms with Crippen molar-refractivity contribution in [2.75, 3.05) is 38.1 Å². The number of imide groups is 1. The zero-order valence-electron chi connectivity index (χ0n) is 13.2. The van der Waals surface area contributed by atoms with E-state index in [9.17, 15) is 9.59 Å². The van der Waals surface area contributed by atoms with Gasteiger partial charge in [0, 0.05) is 39.4 Å². The number of nitrogens with one attached hydrogen (secondary N) is 2. The molecule has 1 aromatic rings. The molecule has 3 amide bonds. The number of nitrogens with zero attached hydrogens (tertiary/aromatic N) is 4. The number of rotatable bonds is 3. The number of amides is 3. The number of aromatic nitrogens is 1. The third-order valence-electron chi connectivity index (χ3n) is 3.90. The normalized spacial score (nSPS) is 16.3. The first kappa shape index (κ1) is 16.7. The van der Waals surface area contributed by atoms with E-state index < -0.39 is 6.03 Å². The zero-order chi connectivity index (χ0) is 16.8. The average Bonchev–Trinajstić information content (AvgIpc) is 2.61. The molecular weight excluding hydrogens is 296 g/mol. The van der Waals surface area contributed by atoms with E-state index in [1.165, 1.54) is 7.05 Å². The van der Waals surface area contributed by atoms with Crippen molar-refractivity contribution in [3.63, 3.8) is 0 Å². The quantitative estimate of drug-likeness (QED) is 0.809. The summed E-state index contributed by atoms with van der Waals surface area (Å²) in [6, 6.07) is 4.65. The molecule has 0 aliphatic carbocycles. The highest BCUT2D eigenvalue weighted by molar-refractivity contribution is 5.96. The second kappa shape index (κ2) is 7.56. The fraction of sp³-hybridized carbons (Fsp3) is 0.467. The van der Waals surface area contributed by atoms with Crippen molar-refractivity contribution in [2.45, 2.75) is 13.0 Å². The monoisotopic (exact) mass is 316 g/mol. The predicted octanol–water partition coefficient (Wildman–Crippen LogP) is -0.0806. The van der Waals surface area contributed by atoms with E-state index in [-0.39, 0.29) is 11.9 Å². The van der Waals surface area contributed by atoms with Crippen LogP contribution in [0.2, 0.25) is 0 Å². The van der Waals surface area contributed by atoms with Crippen LogP contribution in [0.4, 0.5) is 10.6 Å². The Hall–Kier alpha value is -2.66. The van der Waals surface area contributed by atoms with E-state index >= 15 is 0 Å². The summed E-state index contributed by atoms with van der Waals surface area (Å²) in [5.74, 6) is 0.452. The van der Waals surface area contributed by atoms with Crippen LogP contribution in [0.25, 0.3) is 0 Å². The summed E-state index contributed by atoms with van der Waals surface area (Å²) in [6.07, 6.45) is 1.62. The molecule has 8 heteroatoms. The smallest absolute Gasteiger partial charge is 0.321 e. The van der Waals surface area contributed by atoms with Gasteiger partial charge in [-0.3, -0.25) is 15.0 Å². The second-order valence-electron chi connectivity index (χ2n) is 5.28. The Kier molecular flexibility index (Phi) is 5.49. The van der Waals surface area contributed by atoms with Crippen molar-refractivity contribution in [2.24, 2.45) is 0 Å². The van der Waals surface area contributed by atoms with E-state index in [2.05, 4.69) is 26.6 Å². The molecule has 0 aromatic carbocycles. The third-order valence-corrected chi connectivity index (χ3v) is 3.90. The minimum absolute atomic E-state index is 0.317. The van der Waals surface area contributed by atoms with Crippen LogP contribution in [0, 0.1) is 11.3 Å². The van der Waals surface area contributed by atoms with E-state index in [1.54, 1.807) is 25.3 Å². The molecule has 1 aliphatic rings. The SMILES string of the molecule is CNC(=O)NC(=O)C(C)N1CCN(c2cc(C#N)ccn2)CC1. The third kappa shape index (κ3) is 4.17. The molecular formula is C15H20N6O2. The molecule has 0 saturated carbocycles. The Morgan fingerprint density at radius 1 is 1.35 bits per heavy atom. The Morgan fingerprint density at radius 3 is 2.65 bits per heavy atom. The zero-order valence-corrected chi connectivity index (χ0v) is 13.2. The first-order valence-electron chi connectivity index (χ1n) is 7.43. The Bertz CT molecular complexity index is 619. The number of piperazine rings is 1. The van der Waals surface area contributed by atoms with Crippen LogP contribution in [0.15, 0.2) is 18.3 Å². The van der Waals surface area contributed by atoms with Crippen LogP contribution in [0.3, 0.4) is 0 Å². The standard InChI is InChI=1S/C15H20N6O2/c1-11(14(22)19-15(23)17-2)20-5-7-21(8-6-20)13-9-12(10-16)3-4-18-13/h3-4,9,11H,5-8H2,1-2H3,(H2,17,19,22,23). The molecule has 1 aliphatic heterocycles. The summed E-state index contributed by atoms with van der Waals surface area (Å²) in [5, 5.41) is 13.6. The van der Waals surface area contributed by atoms with Crippen molar-refractivity contribution >= 4 is 17.8 Å². The molecule has 8 nitrogen and oxygen atoms in total. The Labute approximate surface area is 135 Å². The minimum atomic E-state index is -0.502. The highest BCUT2D eigenvalue weighted by Crippen LogP contribution is 2.15. The molecule has 2 N–H and O–H groups in total. The maximum atomic E-state index is 12.0. The fourth-order valence-electron chi connectivity index (χ4n) is 2.44. The lowest BCUT2D eigenvalue weighted by Crippen LogP contribution is -2.55. The van der Waals surface area contributed by atoms with Crippen molar-refractivity contribution in [3.8, 4) is 6.07 Å². The van der Waals surface area contributed by atoms with Gasteiger partial charge in [-0.2, -0.15) is 5.26 Å². The molecule has 0 radical (unpaired) electrons. The van der Waals surface area contributed by atoms with Crippen molar-refractivity contribution in [1.82, 2.24) is 20.5 Å². The van der Waals surface area contributed by atoms with Gasteiger partial charge in [-0.15, -0.1) is 0 Å². The van der Waals surface area contributed by atoms with Crippen molar-refractivity contribution in [1.29, 1.82) is 5.26 Å². The molecule has 23 heavy (non-hydrogen) atoms. The van der Waals surface area contributed by atoms with E-state index in [4.69, 9.17) is 5.26 Å². The topological polar surface area (TPSA) is 101 Å². The number of carbonyl (C=O) groups excluding carboxylic acids is 2. The highest BCUT2D eigenvalue weighted by atomic mass is 16.2. The summed E-state index contributed by atoms with van der Waals surface area (Å²) < 4.78 is 0. The van der Waals surface area contributed by atoms with E-state index in [0.717, 1.165) is 5.82 Å². The predicted molar refractivity (Wildman–Crippen MR) is 84.8 cm³/mol. The number of anilines is 1. The lowest BCUT2D eigenvalue weighted by Gasteiger charge is -2.37. The molecule has 0 spiro atoms. The summed E-state index contributed by atoms with van der Waals surface area (Å²) >= 11 is 0. The molecule has 0 bridgehead atoms. The summed E-state index contributed by atoms with van der Waals surface area (Å²) in [4.78, 5) is 31.6.